The average molecular weight is 460 g/mol. The van der Waals surface area contributed by atoms with Gasteiger partial charge in [0, 0.05) is 12.3 Å². The van der Waals surface area contributed by atoms with E-state index >= 15 is 0 Å². The van der Waals surface area contributed by atoms with Crippen LogP contribution in [-0.2, 0) is 24.0 Å². The molecular weight excluding hydrogens is 434 g/mol. The highest BCUT2D eigenvalue weighted by atomic mass is 32.2. The van der Waals surface area contributed by atoms with E-state index in [-0.39, 0.29) is 29.9 Å². The van der Waals surface area contributed by atoms with Crippen LogP contribution in [0.4, 0.5) is 4.79 Å². The lowest BCUT2D eigenvalue weighted by Gasteiger charge is -2.48. The highest BCUT2D eigenvalue weighted by molar-refractivity contribution is 7.85. The van der Waals surface area contributed by atoms with E-state index in [9.17, 15) is 23.1 Å². The maximum atomic E-state index is 13.1. The Balaban J connectivity index is 1.68. The zero-order chi connectivity index (χ0) is 23.3. The molecule has 1 heterocycles. The van der Waals surface area contributed by atoms with Gasteiger partial charge in [-0.1, -0.05) is 69.3 Å². The van der Waals surface area contributed by atoms with Crippen molar-refractivity contribution < 1.29 is 32.0 Å². The van der Waals surface area contributed by atoms with Crippen molar-refractivity contribution in [3.63, 3.8) is 0 Å². The first kappa shape index (κ1) is 22.3. The molecule has 0 aromatic heterocycles. The number of carboxylic acid groups (broad SMARTS) is 1. The topological polar surface area (TPSA) is 110 Å². The zero-order valence-corrected chi connectivity index (χ0v) is 18.9. The summed E-state index contributed by atoms with van der Waals surface area (Å²) in [5, 5.41) is 10.0. The highest BCUT2D eigenvalue weighted by Gasteiger charge is 2.62. The molecule has 32 heavy (non-hydrogen) atoms. The number of carboxylic acids is 1. The van der Waals surface area contributed by atoms with Crippen molar-refractivity contribution in [2.75, 3.05) is 13.2 Å². The number of benzene rings is 2. The van der Waals surface area contributed by atoms with E-state index in [0.29, 0.717) is 0 Å². The maximum absolute atomic E-state index is 13.1. The van der Waals surface area contributed by atoms with Crippen LogP contribution in [0.25, 0.3) is 11.1 Å². The van der Waals surface area contributed by atoms with Crippen molar-refractivity contribution in [1.82, 2.24) is 4.31 Å². The van der Waals surface area contributed by atoms with Crippen LogP contribution in [0.5, 0.6) is 0 Å². The highest BCUT2D eigenvalue weighted by Crippen LogP contribution is 2.46. The number of nitrogens with zero attached hydrogens (tertiary/aromatic N) is 1. The summed E-state index contributed by atoms with van der Waals surface area (Å²) in [5.74, 6) is -1.72. The summed E-state index contributed by atoms with van der Waals surface area (Å²) >= 11 is 0. The van der Waals surface area contributed by atoms with Gasteiger partial charge in [-0.2, -0.15) is 12.7 Å². The molecule has 0 unspecified atom stereocenters. The fraction of sp³-hybridized carbons (Fsp3) is 0.391. The van der Waals surface area contributed by atoms with Crippen LogP contribution in [0, 0.1) is 5.41 Å². The molecule has 0 radical (unpaired) electrons. The monoisotopic (exact) mass is 459 g/mol. The third-order valence-corrected chi connectivity index (χ3v) is 7.74. The quantitative estimate of drug-likeness (QED) is 0.744. The summed E-state index contributed by atoms with van der Waals surface area (Å²) < 4.78 is 36.0. The first-order valence-electron chi connectivity index (χ1n) is 10.3. The summed E-state index contributed by atoms with van der Waals surface area (Å²) in [5.41, 5.74) is 0.813. The van der Waals surface area contributed by atoms with Crippen molar-refractivity contribution in [1.29, 1.82) is 0 Å². The first-order valence-corrected chi connectivity index (χ1v) is 11.7. The third kappa shape index (κ3) is 3.27. The second kappa shape index (κ2) is 7.60. The van der Waals surface area contributed by atoms with Crippen LogP contribution < -0.4 is 0 Å². The molecule has 170 valence electrons. The molecule has 1 amide bonds. The van der Waals surface area contributed by atoms with Crippen LogP contribution in [0.15, 0.2) is 48.5 Å². The predicted octanol–water partition coefficient (Wildman–Crippen LogP) is 3.77. The van der Waals surface area contributed by atoms with Crippen molar-refractivity contribution in [2.45, 2.75) is 38.6 Å². The standard InChI is InChI=1S/C23H25NO7S/c1-22(2,3)23(20(25)26)12-13-31-32(28,29)24(23)21(27)30-14-19-17-10-6-4-8-15(17)16-9-5-7-11-18(16)19/h4-11,19H,12-14H2,1-3H3,(H,25,26)/t23-/m1/s1. The number of aliphatic carboxylic acids is 1. The summed E-state index contributed by atoms with van der Waals surface area (Å²) in [6.45, 7) is 4.25. The first-order chi connectivity index (χ1) is 15.0. The molecule has 2 aromatic rings. The van der Waals surface area contributed by atoms with E-state index in [0.717, 1.165) is 22.3 Å². The predicted molar refractivity (Wildman–Crippen MR) is 116 cm³/mol. The van der Waals surface area contributed by atoms with Gasteiger partial charge in [-0.25, -0.2) is 9.59 Å². The van der Waals surface area contributed by atoms with E-state index in [1.807, 2.05) is 48.5 Å². The average Bonchev–Trinajstić information content (AvgIpc) is 3.04. The Labute approximate surface area is 187 Å². The number of hydrogen-bond acceptors (Lipinski definition) is 6. The van der Waals surface area contributed by atoms with Crippen molar-refractivity contribution in [3.05, 3.63) is 59.7 Å². The van der Waals surface area contributed by atoms with Gasteiger partial charge in [0.05, 0.1) is 6.61 Å². The molecular formula is C23H25NO7S. The molecule has 2 aromatic carbocycles. The van der Waals surface area contributed by atoms with Gasteiger partial charge >= 0.3 is 22.4 Å². The van der Waals surface area contributed by atoms with Crippen LogP contribution in [0.3, 0.4) is 0 Å². The largest absolute Gasteiger partial charge is 0.479 e. The zero-order valence-electron chi connectivity index (χ0n) is 18.1. The van der Waals surface area contributed by atoms with Crippen molar-refractivity contribution in [2.24, 2.45) is 5.41 Å². The minimum atomic E-state index is -4.65. The van der Waals surface area contributed by atoms with Gasteiger partial charge in [-0.15, -0.1) is 0 Å². The number of rotatable bonds is 3. The molecule has 8 nitrogen and oxygen atoms in total. The van der Waals surface area contributed by atoms with Crippen LogP contribution in [0.1, 0.15) is 44.2 Å². The van der Waals surface area contributed by atoms with E-state index in [1.165, 1.54) is 0 Å². The summed E-state index contributed by atoms with van der Waals surface area (Å²) in [4.78, 5) is 25.5. The lowest BCUT2D eigenvalue weighted by Crippen LogP contribution is -2.68. The molecule has 0 spiro atoms. The number of carbonyl (C=O) groups excluding carboxylic acids is 1. The fourth-order valence-corrected chi connectivity index (χ4v) is 6.19. The number of hydrogen-bond donors (Lipinski definition) is 1. The normalized spacial score (nSPS) is 22.2. The van der Waals surface area contributed by atoms with Crippen molar-refractivity contribution in [3.8, 4) is 11.1 Å². The minimum Gasteiger partial charge on any atom is -0.479 e. The van der Waals surface area contributed by atoms with Gasteiger partial charge in [0.1, 0.15) is 6.61 Å². The molecule has 9 heteroatoms. The second-order valence-electron chi connectivity index (χ2n) is 9.01. The fourth-order valence-electron chi connectivity index (χ4n) is 4.73. The number of ether oxygens (including phenoxy) is 1. The summed E-state index contributed by atoms with van der Waals surface area (Å²) in [6.07, 6.45) is -1.45. The van der Waals surface area contributed by atoms with Gasteiger partial charge < -0.3 is 9.84 Å². The van der Waals surface area contributed by atoms with E-state index in [1.54, 1.807) is 20.8 Å². The van der Waals surface area contributed by atoms with Gasteiger partial charge in [0.25, 0.3) is 0 Å². The molecule has 1 aliphatic heterocycles. The van der Waals surface area contributed by atoms with Crippen molar-refractivity contribution >= 4 is 22.4 Å². The minimum absolute atomic E-state index is 0.140. The summed E-state index contributed by atoms with van der Waals surface area (Å²) in [7, 11) is -4.65. The van der Waals surface area contributed by atoms with Gasteiger partial charge in [-0.05, 0) is 27.7 Å². The molecule has 1 aliphatic carbocycles. The number of fused-ring (bicyclic) bond motifs is 3. The molecule has 0 saturated carbocycles. The van der Waals surface area contributed by atoms with E-state index < -0.39 is 33.3 Å². The lowest BCUT2D eigenvalue weighted by atomic mass is 9.71. The Morgan fingerprint density at radius 1 is 1.09 bits per heavy atom. The Morgan fingerprint density at radius 3 is 2.12 bits per heavy atom. The Kier molecular flexibility index (Phi) is 5.29. The third-order valence-electron chi connectivity index (χ3n) is 6.36. The smallest absolute Gasteiger partial charge is 0.426 e. The van der Waals surface area contributed by atoms with Gasteiger partial charge in [0.2, 0.25) is 0 Å². The molecule has 1 N–H and O–H groups in total. The Bertz CT molecular complexity index is 1140. The molecule has 1 saturated heterocycles. The molecule has 1 atom stereocenters. The number of carbonyl (C=O) groups is 2. The summed E-state index contributed by atoms with van der Waals surface area (Å²) in [6, 6.07) is 15.5. The Morgan fingerprint density at radius 2 is 1.62 bits per heavy atom. The molecule has 4 rings (SSSR count). The lowest BCUT2D eigenvalue weighted by molar-refractivity contribution is -0.157. The van der Waals surface area contributed by atoms with Crippen LogP contribution >= 0.6 is 0 Å². The molecule has 1 fully saturated rings. The van der Waals surface area contributed by atoms with Gasteiger partial charge in [-0.3, -0.25) is 4.18 Å². The SMILES string of the molecule is CC(C)(C)[C@]1(C(=O)O)CCOS(=O)(=O)N1C(=O)OCC1c2ccccc2-c2ccccc21. The number of amides is 1. The van der Waals surface area contributed by atoms with Crippen LogP contribution in [-0.4, -0.2) is 48.6 Å². The van der Waals surface area contributed by atoms with E-state index in [2.05, 4.69) is 0 Å². The maximum Gasteiger partial charge on any atom is 0.426 e. The van der Waals surface area contributed by atoms with Crippen LogP contribution in [0.2, 0.25) is 0 Å². The second-order valence-corrected chi connectivity index (χ2v) is 10.5. The van der Waals surface area contributed by atoms with E-state index in [4.69, 9.17) is 8.92 Å². The van der Waals surface area contributed by atoms with Gasteiger partial charge in [0.15, 0.2) is 5.54 Å². The Hall–Kier alpha value is -2.91. The molecule has 0 bridgehead atoms. The molecule has 2 aliphatic rings.